The Morgan fingerprint density at radius 2 is 1.93 bits per heavy atom. The summed E-state index contributed by atoms with van der Waals surface area (Å²) in [6, 6.07) is 0. The molecule has 2 fully saturated rings. The van der Waals surface area contributed by atoms with Gasteiger partial charge in [-0.1, -0.05) is 19.0 Å². The molecule has 4 rings (SSSR count). The molecule has 1 amide bonds. The molecule has 8 heteroatoms. The molecule has 0 radical (unpaired) electrons. The molecule has 2 aromatic rings. The Morgan fingerprint density at radius 3 is 2.59 bits per heavy atom. The molecule has 8 nitrogen and oxygen atoms in total. The van der Waals surface area contributed by atoms with Gasteiger partial charge < -0.3 is 9.42 Å². The fourth-order valence-corrected chi connectivity index (χ4v) is 4.29. The first-order chi connectivity index (χ1) is 13.9. The van der Waals surface area contributed by atoms with Crippen LogP contribution in [-0.2, 0) is 17.9 Å². The minimum atomic E-state index is 0.209. The Balaban J connectivity index is 1.34. The number of nitrogens with zero attached hydrogens (tertiary/aromatic N) is 6. The average molecular weight is 399 g/mol. The molecule has 156 valence electrons. The zero-order valence-corrected chi connectivity index (χ0v) is 17.6. The van der Waals surface area contributed by atoms with Crippen LogP contribution < -0.4 is 0 Å². The number of rotatable bonds is 5. The lowest BCUT2D eigenvalue weighted by molar-refractivity contribution is -0.140. The number of aryl methyl sites for hydroxylation is 1. The van der Waals surface area contributed by atoms with E-state index in [0.717, 1.165) is 56.1 Å². The van der Waals surface area contributed by atoms with Crippen molar-refractivity contribution >= 4 is 5.91 Å². The van der Waals surface area contributed by atoms with Crippen LogP contribution in [0.4, 0.5) is 0 Å². The van der Waals surface area contributed by atoms with Crippen LogP contribution in [0.5, 0.6) is 0 Å². The standard InChI is InChI=1S/C21H30N6O2/c1-15(2)20-24-18(29-25-20)13-26-8-6-21(7-9-26)5-4-19(28)27(14-21)12-17-11-22-16(3)10-23-17/h10-11,15H,4-9,12-14H2,1-3H3. The van der Waals surface area contributed by atoms with Gasteiger partial charge in [0.05, 0.1) is 30.7 Å². The maximum absolute atomic E-state index is 12.5. The van der Waals surface area contributed by atoms with Crippen molar-refractivity contribution in [2.45, 2.75) is 65.5 Å². The van der Waals surface area contributed by atoms with E-state index >= 15 is 0 Å². The van der Waals surface area contributed by atoms with E-state index < -0.39 is 0 Å². The summed E-state index contributed by atoms with van der Waals surface area (Å²) in [7, 11) is 0. The predicted molar refractivity (Wildman–Crippen MR) is 107 cm³/mol. The normalized spacial score (nSPS) is 20.0. The number of piperidine rings is 2. The molecule has 0 aliphatic carbocycles. The third kappa shape index (κ3) is 4.63. The highest BCUT2D eigenvalue weighted by atomic mass is 16.5. The number of hydrogen-bond donors (Lipinski definition) is 0. The lowest BCUT2D eigenvalue weighted by Gasteiger charge is -2.47. The molecule has 0 aromatic carbocycles. The van der Waals surface area contributed by atoms with Crippen LogP contribution in [0.2, 0.25) is 0 Å². The third-order valence-corrected chi connectivity index (χ3v) is 6.21. The van der Waals surface area contributed by atoms with Crippen molar-refractivity contribution in [3.63, 3.8) is 0 Å². The topological polar surface area (TPSA) is 88.3 Å². The van der Waals surface area contributed by atoms with E-state index in [1.54, 1.807) is 12.4 Å². The number of carbonyl (C=O) groups excluding carboxylic acids is 1. The zero-order chi connectivity index (χ0) is 20.4. The number of carbonyl (C=O) groups is 1. The number of likely N-dealkylation sites (tertiary alicyclic amines) is 2. The lowest BCUT2D eigenvalue weighted by atomic mass is 9.72. The van der Waals surface area contributed by atoms with Crippen molar-refractivity contribution in [2.24, 2.45) is 5.41 Å². The SMILES string of the molecule is Cc1cnc(CN2CC3(CCC2=O)CCN(Cc2nc(C(C)C)no2)CC3)cn1. The smallest absolute Gasteiger partial charge is 0.240 e. The maximum Gasteiger partial charge on any atom is 0.240 e. The van der Waals surface area contributed by atoms with Gasteiger partial charge in [0.15, 0.2) is 5.82 Å². The van der Waals surface area contributed by atoms with Crippen LogP contribution in [-0.4, -0.2) is 55.4 Å². The van der Waals surface area contributed by atoms with Gasteiger partial charge in [0.25, 0.3) is 0 Å². The monoisotopic (exact) mass is 398 g/mol. The van der Waals surface area contributed by atoms with Crippen LogP contribution in [0.3, 0.4) is 0 Å². The molecule has 2 saturated heterocycles. The average Bonchev–Trinajstić information content (AvgIpc) is 3.18. The first kappa shape index (κ1) is 19.9. The molecular weight excluding hydrogens is 368 g/mol. The Hall–Kier alpha value is -2.35. The predicted octanol–water partition coefficient (Wildman–Crippen LogP) is 2.70. The second-order valence-electron chi connectivity index (χ2n) is 8.88. The molecular formula is C21H30N6O2. The molecule has 0 saturated carbocycles. The van der Waals surface area contributed by atoms with Gasteiger partial charge in [-0.05, 0) is 44.7 Å². The van der Waals surface area contributed by atoms with Gasteiger partial charge in [-0.15, -0.1) is 0 Å². The van der Waals surface area contributed by atoms with E-state index in [1.807, 2.05) is 11.8 Å². The molecule has 2 aliphatic rings. The van der Waals surface area contributed by atoms with Crippen LogP contribution in [0.25, 0.3) is 0 Å². The van der Waals surface area contributed by atoms with Crippen molar-refractivity contribution in [2.75, 3.05) is 19.6 Å². The summed E-state index contributed by atoms with van der Waals surface area (Å²) in [4.78, 5) is 30.1. The number of hydrogen-bond acceptors (Lipinski definition) is 7. The Bertz CT molecular complexity index is 839. The van der Waals surface area contributed by atoms with Gasteiger partial charge >= 0.3 is 0 Å². The van der Waals surface area contributed by atoms with Crippen molar-refractivity contribution in [3.05, 3.63) is 35.5 Å². The molecule has 1 spiro atoms. The number of aromatic nitrogens is 4. The van der Waals surface area contributed by atoms with Crippen LogP contribution in [0, 0.1) is 12.3 Å². The maximum atomic E-state index is 12.5. The highest BCUT2D eigenvalue weighted by Crippen LogP contribution is 2.40. The first-order valence-corrected chi connectivity index (χ1v) is 10.5. The Labute approximate surface area is 171 Å². The molecule has 29 heavy (non-hydrogen) atoms. The van der Waals surface area contributed by atoms with Crippen LogP contribution in [0.1, 0.15) is 68.6 Å². The van der Waals surface area contributed by atoms with Crippen LogP contribution in [0.15, 0.2) is 16.9 Å². The molecule has 0 N–H and O–H groups in total. The third-order valence-electron chi connectivity index (χ3n) is 6.21. The summed E-state index contributed by atoms with van der Waals surface area (Å²) in [5.41, 5.74) is 1.96. The molecule has 2 aliphatic heterocycles. The van der Waals surface area contributed by atoms with E-state index in [-0.39, 0.29) is 17.2 Å². The van der Waals surface area contributed by atoms with E-state index in [9.17, 15) is 4.79 Å². The summed E-state index contributed by atoms with van der Waals surface area (Å²) >= 11 is 0. The minimum absolute atomic E-state index is 0.209. The Kier molecular flexibility index (Phi) is 5.63. The molecule has 0 atom stereocenters. The summed E-state index contributed by atoms with van der Waals surface area (Å²) in [6.07, 6.45) is 7.32. The van der Waals surface area contributed by atoms with Gasteiger partial charge in [-0.3, -0.25) is 19.7 Å². The molecule has 2 aromatic heterocycles. The van der Waals surface area contributed by atoms with Crippen molar-refractivity contribution in [1.82, 2.24) is 29.9 Å². The van der Waals surface area contributed by atoms with E-state index in [0.29, 0.717) is 25.4 Å². The summed E-state index contributed by atoms with van der Waals surface area (Å²) in [6.45, 7) is 10.1. The van der Waals surface area contributed by atoms with Gasteiger partial charge in [-0.25, -0.2) is 0 Å². The molecule has 0 unspecified atom stereocenters. The lowest BCUT2D eigenvalue weighted by Crippen LogP contribution is -2.51. The zero-order valence-electron chi connectivity index (χ0n) is 17.6. The fourth-order valence-electron chi connectivity index (χ4n) is 4.29. The minimum Gasteiger partial charge on any atom is -0.338 e. The van der Waals surface area contributed by atoms with Gasteiger partial charge in [0, 0.05) is 25.1 Å². The van der Waals surface area contributed by atoms with E-state index in [2.05, 4.69) is 38.9 Å². The fraction of sp³-hybridized carbons (Fsp3) is 0.667. The Morgan fingerprint density at radius 1 is 1.14 bits per heavy atom. The highest BCUT2D eigenvalue weighted by molar-refractivity contribution is 5.77. The van der Waals surface area contributed by atoms with E-state index in [1.165, 1.54) is 0 Å². The summed E-state index contributed by atoms with van der Waals surface area (Å²) in [5, 5.41) is 4.06. The van der Waals surface area contributed by atoms with Gasteiger partial charge in [-0.2, -0.15) is 4.98 Å². The second-order valence-corrected chi connectivity index (χ2v) is 8.88. The number of amides is 1. The molecule has 4 heterocycles. The summed E-state index contributed by atoms with van der Waals surface area (Å²) in [5.74, 6) is 1.98. The van der Waals surface area contributed by atoms with Crippen molar-refractivity contribution in [3.8, 4) is 0 Å². The van der Waals surface area contributed by atoms with Crippen molar-refractivity contribution < 1.29 is 9.32 Å². The van der Waals surface area contributed by atoms with Crippen LogP contribution >= 0.6 is 0 Å². The van der Waals surface area contributed by atoms with E-state index in [4.69, 9.17) is 4.52 Å². The summed E-state index contributed by atoms with van der Waals surface area (Å²) < 4.78 is 5.40. The van der Waals surface area contributed by atoms with Gasteiger partial charge in [0.1, 0.15) is 0 Å². The highest BCUT2D eigenvalue weighted by Gasteiger charge is 2.41. The quantitative estimate of drug-likeness (QED) is 0.765. The largest absolute Gasteiger partial charge is 0.338 e. The van der Waals surface area contributed by atoms with Gasteiger partial charge in [0.2, 0.25) is 11.8 Å². The van der Waals surface area contributed by atoms with Crippen molar-refractivity contribution in [1.29, 1.82) is 0 Å². The molecule has 0 bridgehead atoms. The first-order valence-electron chi connectivity index (χ1n) is 10.5. The second kappa shape index (κ2) is 8.18.